The number of rotatable bonds is 4. The first-order valence-electron chi connectivity index (χ1n) is 8.23. The van der Waals surface area contributed by atoms with Gasteiger partial charge in [0.15, 0.2) is 0 Å². The van der Waals surface area contributed by atoms with Crippen molar-refractivity contribution in [1.29, 1.82) is 0 Å². The Morgan fingerprint density at radius 1 is 0.895 bits per heavy atom. The molecular weight excluding hydrogens is 232 g/mol. The summed E-state index contributed by atoms with van der Waals surface area (Å²) in [5.74, 6) is 0. The molecule has 0 radical (unpaired) electrons. The van der Waals surface area contributed by atoms with Crippen LogP contribution >= 0.6 is 0 Å². The summed E-state index contributed by atoms with van der Waals surface area (Å²) in [6.45, 7) is 4.34. The monoisotopic (exact) mass is 262 g/mol. The number of hydrogen-bond acceptors (Lipinski definition) is 2. The fourth-order valence-corrected chi connectivity index (χ4v) is 3.46. The second-order valence-corrected chi connectivity index (χ2v) is 6.37. The van der Waals surface area contributed by atoms with Crippen LogP contribution in [0.25, 0.3) is 0 Å². The molecule has 19 heavy (non-hydrogen) atoms. The molecule has 0 aliphatic heterocycles. The maximum atomic E-state index is 4.87. The van der Waals surface area contributed by atoms with Gasteiger partial charge < -0.3 is 5.32 Å². The maximum Gasteiger partial charge on any atom is 0.0502 e. The van der Waals surface area contributed by atoms with Crippen molar-refractivity contribution in [2.45, 2.75) is 90.1 Å². The highest BCUT2D eigenvalue weighted by Crippen LogP contribution is 2.21. The zero-order valence-electron chi connectivity index (χ0n) is 12.8. The molecular formula is C17H30N2. The van der Waals surface area contributed by atoms with Crippen LogP contribution in [0.3, 0.4) is 0 Å². The largest absolute Gasteiger partial charge is 0.386 e. The molecule has 2 rings (SSSR count). The predicted octanol–water partition coefficient (Wildman–Crippen LogP) is 4.61. The average Bonchev–Trinajstić information content (AvgIpc) is 2.40. The highest BCUT2D eigenvalue weighted by atomic mass is 14.9. The maximum absolute atomic E-state index is 4.87. The summed E-state index contributed by atoms with van der Waals surface area (Å²) in [6.07, 6.45) is 15.8. The van der Waals surface area contributed by atoms with Gasteiger partial charge in [0.2, 0.25) is 0 Å². The van der Waals surface area contributed by atoms with Crippen molar-refractivity contribution >= 4 is 5.71 Å². The van der Waals surface area contributed by atoms with E-state index in [9.17, 15) is 0 Å². The lowest BCUT2D eigenvalue weighted by Crippen LogP contribution is -2.29. The molecule has 0 saturated heterocycles. The highest BCUT2D eigenvalue weighted by Gasteiger charge is 2.13. The summed E-state index contributed by atoms with van der Waals surface area (Å²) in [7, 11) is 0. The molecule has 0 bridgehead atoms. The first-order valence-corrected chi connectivity index (χ1v) is 8.23. The van der Waals surface area contributed by atoms with Crippen LogP contribution in [0.5, 0.6) is 0 Å². The third-order valence-electron chi connectivity index (χ3n) is 4.42. The minimum atomic E-state index is 0.590. The van der Waals surface area contributed by atoms with E-state index in [1.54, 1.807) is 0 Å². The van der Waals surface area contributed by atoms with E-state index < -0.39 is 0 Å². The molecule has 0 aromatic heterocycles. The van der Waals surface area contributed by atoms with Gasteiger partial charge in [-0.3, -0.25) is 4.99 Å². The quantitative estimate of drug-likeness (QED) is 0.735. The number of hydrogen-bond donors (Lipinski definition) is 1. The van der Waals surface area contributed by atoms with Crippen LogP contribution in [0.4, 0.5) is 0 Å². The number of aliphatic imine (C=N–C) groups is 1. The van der Waals surface area contributed by atoms with Crippen molar-refractivity contribution < 1.29 is 0 Å². The van der Waals surface area contributed by atoms with Crippen LogP contribution in [-0.4, -0.2) is 17.8 Å². The molecule has 2 heteroatoms. The van der Waals surface area contributed by atoms with Crippen LogP contribution in [0.2, 0.25) is 0 Å². The standard InChI is InChI=1S/C17H30N2/c1-14(18-16-9-5-3-6-10-16)13-15(2)19-17-11-7-4-8-12-17/h13,16-18H,3-12H2,1-2H3/b14-13-,19-15+. The molecule has 0 unspecified atom stereocenters. The van der Waals surface area contributed by atoms with Crippen molar-refractivity contribution in [3.05, 3.63) is 11.8 Å². The minimum absolute atomic E-state index is 0.590. The van der Waals surface area contributed by atoms with Gasteiger partial charge >= 0.3 is 0 Å². The molecule has 0 amide bonds. The fourth-order valence-electron chi connectivity index (χ4n) is 3.46. The zero-order chi connectivity index (χ0) is 13.5. The van der Waals surface area contributed by atoms with Crippen LogP contribution in [-0.2, 0) is 0 Å². The Balaban J connectivity index is 1.82. The van der Waals surface area contributed by atoms with Gasteiger partial charge in [0.1, 0.15) is 0 Å². The minimum Gasteiger partial charge on any atom is -0.386 e. The van der Waals surface area contributed by atoms with Crippen LogP contribution in [0.15, 0.2) is 16.8 Å². The van der Waals surface area contributed by atoms with Crippen LogP contribution < -0.4 is 5.32 Å². The Bertz CT molecular complexity index is 318. The molecule has 0 aromatic carbocycles. The van der Waals surface area contributed by atoms with Gasteiger partial charge in [0, 0.05) is 17.5 Å². The Morgan fingerprint density at radius 3 is 2.11 bits per heavy atom. The summed E-state index contributed by atoms with van der Waals surface area (Å²) in [4.78, 5) is 4.87. The third kappa shape index (κ3) is 5.38. The number of nitrogens with one attached hydrogen (secondary N) is 1. The zero-order valence-corrected chi connectivity index (χ0v) is 12.8. The predicted molar refractivity (Wildman–Crippen MR) is 83.7 cm³/mol. The molecule has 2 fully saturated rings. The fraction of sp³-hybridized carbons (Fsp3) is 0.824. The molecule has 2 aliphatic carbocycles. The lowest BCUT2D eigenvalue weighted by atomic mass is 9.95. The van der Waals surface area contributed by atoms with Crippen molar-refractivity contribution in [3.63, 3.8) is 0 Å². The highest BCUT2D eigenvalue weighted by molar-refractivity contribution is 5.93. The van der Waals surface area contributed by atoms with E-state index in [1.807, 2.05) is 0 Å². The topological polar surface area (TPSA) is 24.4 Å². The summed E-state index contributed by atoms with van der Waals surface area (Å²) < 4.78 is 0. The van der Waals surface area contributed by atoms with E-state index in [0.29, 0.717) is 12.1 Å². The lowest BCUT2D eigenvalue weighted by Gasteiger charge is -2.24. The lowest BCUT2D eigenvalue weighted by molar-refractivity contribution is 0.397. The van der Waals surface area contributed by atoms with Crippen molar-refractivity contribution in [1.82, 2.24) is 5.32 Å². The molecule has 2 saturated carbocycles. The van der Waals surface area contributed by atoms with Gasteiger partial charge in [0.05, 0.1) is 6.04 Å². The van der Waals surface area contributed by atoms with Gasteiger partial charge in [-0.25, -0.2) is 0 Å². The van der Waals surface area contributed by atoms with Crippen molar-refractivity contribution in [2.24, 2.45) is 4.99 Å². The summed E-state index contributed by atoms with van der Waals surface area (Å²) in [6, 6.07) is 1.29. The van der Waals surface area contributed by atoms with Gasteiger partial charge in [-0.1, -0.05) is 38.5 Å². The van der Waals surface area contributed by atoms with Crippen molar-refractivity contribution in [3.8, 4) is 0 Å². The molecule has 0 aromatic rings. The van der Waals surface area contributed by atoms with E-state index in [2.05, 4.69) is 25.2 Å². The van der Waals surface area contributed by atoms with Gasteiger partial charge in [-0.15, -0.1) is 0 Å². The molecule has 1 N–H and O–H groups in total. The molecule has 2 nitrogen and oxygen atoms in total. The molecule has 0 heterocycles. The van der Waals surface area contributed by atoms with Crippen LogP contribution in [0, 0.1) is 0 Å². The van der Waals surface area contributed by atoms with Crippen molar-refractivity contribution in [2.75, 3.05) is 0 Å². The molecule has 2 aliphatic rings. The summed E-state index contributed by atoms with van der Waals surface area (Å²) in [5, 5.41) is 3.67. The Hall–Kier alpha value is -0.790. The van der Waals surface area contributed by atoms with Gasteiger partial charge in [-0.2, -0.15) is 0 Å². The Kier molecular flexibility index (Phi) is 5.93. The second-order valence-electron chi connectivity index (χ2n) is 6.37. The first kappa shape index (κ1) is 14.6. The summed E-state index contributed by atoms with van der Waals surface area (Å²) in [5.41, 5.74) is 2.50. The SMILES string of the molecule is C/C(=C/C(C)=N/C1CCCCC1)NC1CCCCC1. The number of allylic oxidation sites excluding steroid dienone is 2. The smallest absolute Gasteiger partial charge is 0.0502 e. The third-order valence-corrected chi connectivity index (χ3v) is 4.42. The molecule has 108 valence electrons. The second kappa shape index (κ2) is 7.72. The van der Waals surface area contributed by atoms with Crippen LogP contribution in [0.1, 0.15) is 78.1 Å². The average molecular weight is 262 g/mol. The van der Waals surface area contributed by atoms with E-state index in [-0.39, 0.29) is 0 Å². The molecule has 0 spiro atoms. The normalized spacial score (nSPS) is 24.5. The summed E-state index contributed by atoms with van der Waals surface area (Å²) >= 11 is 0. The van der Waals surface area contributed by atoms with E-state index in [1.165, 1.54) is 75.6 Å². The molecule has 0 atom stereocenters. The van der Waals surface area contributed by atoms with E-state index >= 15 is 0 Å². The Morgan fingerprint density at radius 2 is 1.47 bits per heavy atom. The van der Waals surface area contributed by atoms with Gasteiger partial charge in [-0.05, 0) is 45.6 Å². The van der Waals surface area contributed by atoms with E-state index in [0.717, 1.165) is 0 Å². The van der Waals surface area contributed by atoms with E-state index in [4.69, 9.17) is 4.99 Å². The first-order chi connectivity index (χ1) is 9.24. The Labute approximate surface area is 118 Å². The number of nitrogens with zero attached hydrogens (tertiary/aromatic N) is 1. The van der Waals surface area contributed by atoms with Gasteiger partial charge in [0.25, 0.3) is 0 Å².